The predicted octanol–water partition coefficient (Wildman–Crippen LogP) is 0.820. The summed E-state index contributed by atoms with van der Waals surface area (Å²) in [7, 11) is 1.71. The van der Waals surface area contributed by atoms with Gasteiger partial charge in [-0.15, -0.1) is 0 Å². The smallest absolute Gasteiger partial charge is 0.186 e. The summed E-state index contributed by atoms with van der Waals surface area (Å²) < 4.78 is 0. The van der Waals surface area contributed by atoms with Crippen LogP contribution in [0.25, 0.3) is 0 Å². The molecule has 1 aromatic carbocycles. The summed E-state index contributed by atoms with van der Waals surface area (Å²) in [6, 6.07) is 6.77. The average Bonchev–Trinajstić information content (AvgIpc) is 2.17. The Hall–Kier alpha value is -1.62. The van der Waals surface area contributed by atoms with Crippen LogP contribution in [0.4, 0.5) is 0 Å². The van der Waals surface area contributed by atoms with Gasteiger partial charge in [0.05, 0.1) is 6.21 Å². The number of phenols is 1. The summed E-state index contributed by atoms with van der Waals surface area (Å²) in [4.78, 5) is 0. The van der Waals surface area contributed by atoms with E-state index in [-0.39, 0.29) is 5.75 Å². The van der Waals surface area contributed by atoms with Gasteiger partial charge in [0.25, 0.3) is 0 Å². The Balaban J connectivity index is 2.56. The number of nitrogens with zero attached hydrogens (tertiary/aromatic N) is 1. The summed E-state index contributed by atoms with van der Waals surface area (Å²) in [5, 5.41) is 16.2. The van der Waals surface area contributed by atoms with E-state index in [1.807, 2.05) is 6.07 Å². The number of hydrogen-bond acceptors (Lipinski definition) is 3. The Bertz CT molecular complexity index is 352. The van der Waals surface area contributed by atoms with E-state index in [1.165, 1.54) is 0 Å². The van der Waals surface area contributed by atoms with Gasteiger partial charge in [0.15, 0.2) is 5.11 Å². The van der Waals surface area contributed by atoms with Crippen molar-refractivity contribution in [1.82, 2.24) is 10.7 Å². The van der Waals surface area contributed by atoms with Crippen LogP contribution in [0.5, 0.6) is 5.75 Å². The molecule has 0 unspecified atom stereocenters. The van der Waals surface area contributed by atoms with Crippen LogP contribution in [0.1, 0.15) is 5.56 Å². The van der Waals surface area contributed by atoms with Crippen LogP contribution < -0.4 is 10.7 Å². The van der Waals surface area contributed by atoms with Gasteiger partial charge >= 0.3 is 0 Å². The standard InChI is InChI=1S/C9H11N3OS/c1-10-9(14)12-11-6-7-3-2-4-8(13)5-7/h2-6,13H,1H3,(H2,10,12,14)/b11-6-. The first-order valence-corrected chi connectivity index (χ1v) is 4.43. The van der Waals surface area contributed by atoms with Crippen molar-refractivity contribution in [3.63, 3.8) is 0 Å². The van der Waals surface area contributed by atoms with E-state index in [4.69, 9.17) is 17.3 Å². The fourth-order valence-corrected chi connectivity index (χ4v) is 0.879. The molecular weight excluding hydrogens is 198 g/mol. The third kappa shape index (κ3) is 3.40. The van der Waals surface area contributed by atoms with Crippen LogP contribution in [0.15, 0.2) is 29.4 Å². The topological polar surface area (TPSA) is 56.7 Å². The molecule has 1 rings (SSSR count). The molecule has 0 aliphatic heterocycles. The number of hydrogen-bond donors (Lipinski definition) is 3. The highest BCUT2D eigenvalue weighted by molar-refractivity contribution is 7.80. The maximum Gasteiger partial charge on any atom is 0.186 e. The highest BCUT2D eigenvalue weighted by atomic mass is 32.1. The molecule has 0 spiro atoms. The first kappa shape index (κ1) is 10.5. The second kappa shape index (κ2) is 5.18. The van der Waals surface area contributed by atoms with Gasteiger partial charge in [-0.25, -0.2) is 0 Å². The van der Waals surface area contributed by atoms with Crippen LogP contribution >= 0.6 is 12.2 Å². The highest BCUT2D eigenvalue weighted by Crippen LogP contribution is 2.08. The molecule has 0 saturated carbocycles. The number of rotatable bonds is 2. The van der Waals surface area contributed by atoms with Crippen LogP contribution in [0.3, 0.4) is 0 Å². The summed E-state index contributed by atoms with van der Waals surface area (Å²) in [6.45, 7) is 0. The van der Waals surface area contributed by atoms with Crippen LogP contribution in [0.2, 0.25) is 0 Å². The highest BCUT2D eigenvalue weighted by Gasteiger charge is 1.90. The molecule has 0 aliphatic carbocycles. The first-order valence-electron chi connectivity index (χ1n) is 4.02. The molecule has 0 amide bonds. The number of aromatic hydroxyl groups is 1. The van der Waals surface area contributed by atoms with E-state index in [0.717, 1.165) is 5.56 Å². The minimum Gasteiger partial charge on any atom is -0.508 e. The molecule has 3 N–H and O–H groups in total. The van der Waals surface area contributed by atoms with Crippen molar-refractivity contribution in [2.75, 3.05) is 7.05 Å². The van der Waals surface area contributed by atoms with Crippen LogP contribution in [0, 0.1) is 0 Å². The van der Waals surface area contributed by atoms with Gasteiger partial charge in [-0.2, -0.15) is 5.10 Å². The Morgan fingerprint density at radius 2 is 2.36 bits per heavy atom. The molecule has 0 heterocycles. The first-order chi connectivity index (χ1) is 6.72. The molecule has 74 valence electrons. The van der Waals surface area contributed by atoms with E-state index in [1.54, 1.807) is 31.5 Å². The fourth-order valence-electron chi connectivity index (χ4n) is 0.826. The zero-order valence-corrected chi connectivity index (χ0v) is 8.51. The zero-order valence-electron chi connectivity index (χ0n) is 7.69. The van der Waals surface area contributed by atoms with Crippen molar-refractivity contribution >= 4 is 23.5 Å². The van der Waals surface area contributed by atoms with Gasteiger partial charge in [0.2, 0.25) is 0 Å². The van der Waals surface area contributed by atoms with E-state index in [2.05, 4.69) is 15.8 Å². The average molecular weight is 209 g/mol. The quantitative estimate of drug-likeness (QED) is 0.383. The molecule has 4 nitrogen and oxygen atoms in total. The van der Waals surface area contributed by atoms with E-state index in [9.17, 15) is 0 Å². The van der Waals surface area contributed by atoms with Crippen LogP contribution in [-0.4, -0.2) is 23.5 Å². The van der Waals surface area contributed by atoms with Crippen LogP contribution in [-0.2, 0) is 0 Å². The Labute approximate surface area is 87.6 Å². The van der Waals surface area contributed by atoms with Crippen molar-refractivity contribution < 1.29 is 5.11 Å². The molecule has 0 saturated heterocycles. The summed E-state index contributed by atoms with van der Waals surface area (Å²) in [5.41, 5.74) is 3.41. The van der Waals surface area contributed by atoms with Gasteiger partial charge in [-0.3, -0.25) is 5.43 Å². The number of nitrogens with one attached hydrogen (secondary N) is 2. The van der Waals surface area contributed by atoms with E-state index in [0.29, 0.717) is 5.11 Å². The zero-order chi connectivity index (χ0) is 10.4. The van der Waals surface area contributed by atoms with Gasteiger partial charge in [0, 0.05) is 7.05 Å². The van der Waals surface area contributed by atoms with Gasteiger partial charge < -0.3 is 10.4 Å². The van der Waals surface area contributed by atoms with Gasteiger partial charge in [-0.1, -0.05) is 12.1 Å². The van der Waals surface area contributed by atoms with Crippen molar-refractivity contribution in [3.05, 3.63) is 29.8 Å². The van der Waals surface area contributed by atoms with Crippen molar-refractivity contribution in [2.45, 2.75) is 0 Å². The molecule has 0 radical (unpaired) electrons. The number of phenolic OH excluding ortho intramolecular Hbond substituents is 1. The second-order valence-corrected chi connectivity index (χ2v) is 2.95. The normalized spacial score (nSPS) is 10.1. The molecule has 14 heavy (non-hydrogen) atoms. The largest absolute Gasteiger partial charge is 0.508 e. The SMILES string of the molecule is CNC(=S)N/N=C\c1cccc(O)c1. The minimum atomic E-state index is 0.213. The molecule has 0 fully saturated rings. The maximum absolute atomic E-state index is 9.15. The third-order valence-corrected chi connectivity index (χ3v) is 1.77. The Morgan fingerprint density at radius 1 is 1.57 bits per heavy atom. The monoisotopic (exact) mass is 209 g/mol. The molecule has 5 heteroatoms. The lowest BCUT2D eigenvalue weighted by atomic mass is 10.2. The van der Waals surface area contributed by atoms with Gasteiger partial charge in [0.1, 0.15) is 5.75 Å². The molecule has 1 aromatic rings. The fraction of sp³-hybridized carbons (Fsp3) is 0.111. The van der Waals surface area contributed by atoms with Crippen molar-refractivity contribution in [2.24, 2.45) is 5.10 Å². The lowest BCUT2D eigenvalue weighted by Crippen LogP contribution is -2.28. The van der Waals surface area contributed by atoms with E-state index >= 15 is 0 Å². The van der Waals surface area contributed by atoms with Crippen molar-refractivity contribution in [1.29, 1.82) is 0 Å². The number of hydrazone groups is 1. The second-order valence-electron chi connectivity index (χ2n) is 2.54. The third-order valence-electron chi connectivity index (χ3n) is 1.48. The van der Waals surface area contributed by atoms with Gasteiger partial charge in [-0.05, 0) is 29.9 Å². The molecular formula is C9H11N3OS. The maximum atomic E-state index is 9.15. The summed E-state index contributed by atoms with van der Waals surface area (Å²) in [6.07, 6.45) is 1.57. The lowest BCUT2D eigenvalue weighted by Gasteiger charge is -1.99. The number of benzene rings is 1. The summed E-state index contributed by atoms with van der Waals surface area (Å²) >= 11 is 4.81. The Morgan fingerprint density at radius 3 is 3.00 bits per heavy atom. The number of thiocarbonyl (C=S) groups is 1. The predicted molar refractivity (Wildman–Crippen MR) is 60.5 cm³/mol. The lowest BCUT2D eigenvalue weighted by molar-refractivity contribution is 0.475. The Kier molecular flexibility index (Phi) is 3.87. The molecule has 0 atom stereocenters. The van der Waals surface area contributed by atoms with E-state index < -0.39 is 0 Å². The summed E-state index contributed by atoms with van der Waals surface area (Å²) in [5.74, 6) is 0.213. The molecule has 0 aliphatic rings. The molecule has 0 bridgehead atoms. The molecule has 0 aromatic heterocycles. The minimum absolute atomic E-state index is 0.213. The van der Waals surface area contributed by atoms with Crippen molar-refractivity contribution in [3.8, 4) is 5.75 Å².